The summed E-state index contributed by atoms with van der Waals surface area (Å²) in [5.41, 5.74) is 5.96. The molecule has 1 fully saturated rings. The van der Waals surface area contributed by atoms with Gasteiger partial charge in [0.1, 0.15) is 25.0 Å². The number of halogens is 3. The van der Waals surface area contributed by atoms with Crippen LogP contribution in [0.5, 0.6) is 0 Å². The number of imide groups is 2. The molecule has 0 aliphatic carbocycles. The zero-order valence-corrected chi connectivity index (χ0v) is 32.7. The monoisotopic (exact) mass is 860 g/mol. The third kappa shape index (κ3) is 9.24. The van der Waals surface area contributed by atoms with Crippen molar-refractivity contribution in [3.8, 4) is 5.69 Å². The van der Waals surface area contributed by atoms with Crippen LogP contribution in [0.1, 0.15) is 55.0 Å². The summed E-state index contributed by atoms with van der Waals surface area (Å²) >= 11 is 0. The maximum atomic E-state index is 13.3. The van der Waals surface area contributed by atoms with Gasteiger partial charge in [0.05, 0.1) is 55.0 Å². The minimum Gasteiger partial charge on any atom is -0.474 e. The first-order chi connectivity index (χ1) is 29.8. The van der Waals surface area contributed by atoms with Gasteiger partial charge in [-0.3, -0.25) is 39.0 Å². The smallest absolute Gasteiger partial charge is 0.405 e. The number of nitrogens with zero attached hydrogens (tertiary/aromatic N) is 5. The van der Waals surface area contributed by atoms with E-state index in [1.54, 1.807) is 36.4 Å². The minimum atomic E-state index is -4.47. The fraction of sp³-hybridized carbons (Fsp3) is 0.325. The lowest BCUT2D eigenvalue weighted by atomic mass is 9.94. The highest BCUT2D eigenvalue weighted by molar-refractivity contribution is 6.25. The van der Waals surface area contributed by atoms with Crippen LogP contribution in [-0.4, -0.2) is 126 Å². The SMILES string of the molecule is NC(=O)C1(c2cnn(-c3ccccc3C(=O)NCCOCCOCCNc3cccc4c3C(=O)N(C3CCC(=O)NC3=O)C4=O)c2)COC(c2ccnc(NCC(F)(F)F)c2)=N1. The topological polar surface area (TPSA) is 251 Å². The molecule has 324 valence electrons. The third-order valence-corrected chi connectivity index (χ3v) is 9.98. The molecular formula is C40H39F3N10O9. The normalized spacial score (nSPS) is 18.5. The number of piperidine rings is 1. The van der Waals surface area contributed by atoms with Gasteiger partial charge in [-0.25, -0.2) is 14.7 Å². The van der Waals surface area contributed by atoms with Crippen LogP contribution in [0, 0.1) is 0 Å². The van der Waals surface area contributed by atoms with Crippen molar-refractivity contribution in [1.82, 2.24) is 30.3 Å². The number of benzene rings is 2. The van der Waals surface area contributed by atoms with Crippen molar-refractivity contribution < 1.29 is 56.1 Å². The zero-order valence-electron chi connectivity index (χ0n) is 32.7. The Labute approximate surface area is 350 Å². The maximum Gasteiger partial charge on any atom is 0.405 e. The van der Waals surface area contributed by atoms with Crippen molar-refractivity contribution in [2.45, 2.75) is 30.6 Å². The van der Waals surface area contributed by atoms with Crippen LogP contribution in [0.25, 0.3) is 5.69 Å². The summed E-state index contributed by atoms with van der Waals surface area (Å²) in [6.45, 7) is -0.344. The van der Waals surface area contributed by atoms with Crippen molar-refractivity contribution >= 4 is 52.8 Å². The standard InChI is InChI=1S/C40H39F3N10O9/c41-40(42,43)21-48-30-18-23(10-11-46-30)35-51-39(22-62-35,38(44)59)24-19-49-52(20-24)28-7-2-1-4-25(28)33(55)47-13-15-61-17-16-60-14-12-45-27-6-3-5-26-32(27)37(58)53(36(26)57)29-8-9-31(54)50-34(29)56/h1-7,10-11,18-20,29,45H,8-9,12-17,21-22H2,(H2,44,59)(H,46,48)(H,47,55)(H,50,54,56). The van der Waals surface area contributed by atoms with E-state index in [0.717, 1.165) is 4.90 Å². The fourth-order valence-electron chi connectivity index (χ4n) is 6.93. The van der Waals surface area contributed by atoms with Crippen LogP contribution in [0.4, 0.5) is 24.7 Å². The van der Waals surface area contributed by atoms with Gasteiger partial charge in [0, 0.05) is 48.7 Å². The lowest BCUT2D eigenvalue weighted by Gasteiger charge is -2.27. The van der Waals surface area contributed by atoms with Crippen LogP contribution in [0.15, 0.2) is 78.2 Å². The van der Waals surface area contributed by atoms with Crippen LogP contribution in [0.3, 0.4) is 0 Å². The van der Waals surface area contributed by atoms with Crippen molar-refractivity contribution in [3.05, 3.63) is 101 Å². The highest BCUT2D eigenvalue weighted by Gasteiger charge is 2.47. The van der Waals surface area contributed by atoms with Crippen molar-refractivity contribution in [2.75, 3.05) is 63.3 Å². The van der Waals surface area contributed by atoms with Gasteiger partial charge in [-0.05, 0) is 42.8 Å². The Morgan fingerprint density at radius 2 is 1.74 bits per heavy atom. The molecule has 6 N–H and O–H groups in total. The van der Waals surface area contributed by atoms with Crippen LogP contribution >= 0.6 is 0 Å². The molecule has 4 aromatic rings. The first-order valence-electron chi connectivity index (χ1n) is 19.2. The Hall–Kier alpha value is -7.20. The average Bonchev–Trinajstić information content (AvgIpc) is 3.99. The molecule has 0 radical (unpaired) electrons. The Morgan fingerprint density at radius 3 is 2.50 bits per heavy atom. The molecule has 2 atom stereocenters. The average molecular weight is 861 g/mol. The van der Waals surface area contributed by atoms with Crippen LogP contribution < -0.4 is 27.0 Å². The van der Waals surface area contributed by atoms with E-state index in [9.17, 15) is 41.9 Å². The highest BCUT2D eigenvalue weighted by Crippen LogP contribution is 2.34. The number of alkyl halides is 3. The van der Waals surface area contributed by atoms with Crippen LogP contribution in [-0.2, 0) is 34.1 Å². The molecular weight excluding hydrogens is 821 g/mol. The lowest BCUT2D eigenvalue weighted by Crippen LogP contribution is -2.54. The van der Waals surface area contributed by atoms with Gasteiger partial charge < -0.3 is 35.9 Å². The number of aliphatic imine (C=N–C) groups is 1. The van der Waals surface area contributed by atoms with Gasteiger partial charge in [0.15, 0.2) is 0 Å². The number of rotatable bonds is 18. The number of para-hydroxylation sites is 1. The molecule has 19 nitrogen and oxygen atoms in total. The predicted molar refractivity (Wildman–Crippen MR) is 211 cm³/mol. The second-order valence-electron chi connectivity index (χ2n) is 14.1. The Balaban J connectivity index is 0.863. The van der Waals surface area contributed by atoms with Gasteiger partial charge in [0.25, 0.3) is 23.6 Å². The van der Waals surface area contributed by atoms with Gasteiger partial charge in [0.2, 0.25) is 23.3 Å². The van der Waals surface area contributed by atoms with Gasteiger partial charge in [-0.1, -0.05) is 18.2 Å². The number of nitrogens with two attached hydrogens (primary N) is 1. The zero-order chi connectivity index (χ0) is 44.0. The summed E-state index contributed by atoms with van der Waals surface area (Å²) in [6.07, 6.45) is -0.274. The third-order valence-electron chi connectivity index (χ3n) is 9.98. The number of pyridine rings is 1. The number of fused-ring (bicyclic) bond motifs is 1. The highest BCUT2D eigenvalue weighted by atomic mass is 19.4. The van der Waals surface area contributed by atoms with E-state index in [1.165, 1.54) is 41.5 Å². The molecule has 6 amide bonds. The van der Waals surface area contributed by atoms with E-state index >= 15 is 0 Å². The molecule has 0 saturated carbocycles. The number of anilines is 2. The number of carbonyl (C=O) groups excluding carboxylic acids is 6. The number of hydrogen-bond donors (Lipinski definition) is 5. The molecule has 7 rings (SSSR count). The summed E-state index contributed by atoms with van der Waals surface area (Å²) in [6, 6.07) is 13.1. The van der Waals surface area contributed by atoms with E-state index in [2.05, 4.69) is 36.3 Å². The molecule has 1 saturated heterocycles. The van der Waals surface area contributed by atoms with E-state index in [1.807, 2.05) is 0 Å². The quantitative estimate of drug-likeness (QED) is 0.0707. The second-order valence-corrected chi connectivity index (χ2v) is 14.1. The Bertz CT molecular complexity index is 2440. The summed E-state index contributed by atoms with van der Waals surface area (Å²) < 4.78 is 56.5. The first kappa shape index (κ1) is 42.9. The van der Waals surface area contributed by atoms with Crippen LogP contribution in [0.2, 0.25) is 0 Å². The number of carbonyl (C=O) groups is 6. The molecule has 5 heterocycles. The molecule has 0 bridgehead atoms. The summed E-state index contributed by atoms with van der Waals surface area (Å²) in [4.78, 5) is 85.6. The Kier molecular flexibility index (Phi) is 12.6. The number of aromatic nitrogens is 3. The Morgan fingerprint density at radius 1 is 0.968 bits per heavy atom. The molecule has 2 aromatic heterocycles. The molecule has 3 aliphatic rings. The summed E-state index contributed by atoms with van der Waals surface area (Å²) in [7, 11) is 0. The molecule has 2 aromatic carbocycles. The predicted octanol–water partition coefficient (Wildman–Crippen LogP) is 1.68. The largest absolute Gasteiger partial charge is 0.474 e. The van der Waals surface area contributed by atoms with Crippen molar-refractivity contribution in [2.24, 2.45) is 10.7 Å². The van der Waals surface area contributed by atoms with E-state index in [-0.39, 0.29) is 98.5 Å². The second kappa shape index (κ2) is 18.2. The summed E-state index contributed by atoms with van der Waals surface area (Å²) in [5, 5.41) is 14.6. The van der Waals surface area contributed by atoms with E-state index < -0.39 is 59.7 Å². The number of primary amides is 1. The number of ether oxygens (including phenoxy) is 3. The minimum absolute atomic E-state index is 0.0221. The fourth-order valence-corrected chi connectivity index (χ4v) is 6.93. The first-order valence-corrected chi connectivity index (χ1v) is 19.2. The summed E-state index contributed by atoms with van der Waals surface area (Å²) in [5.74, 6) is -3.77. The lowest BCUT2D eigenvalue weighted by molar-refractivity contribution is -0.136. The molecule has 0 spiro atoms. The van der Waals surface area contributed by atoms with Gasteiger partial charge in [-0.2, -0.15) is 18.3 Å². The molecule has 2 unspecified atom stereocenters. The maximum absolute atomic E-state index is 13.3. The number of hydrogen-bond acceptors (Lipinski definition) is 14. The van der Waals surface area contributed by atoms with E-state index in [4.69, 9.17) is 19.9 Å². The van der Waals surface area contributed by atoms with Gasteiger partial charge in [-0.15, -0.1) is 0 Å². The van der Waals surface area contributed by atoms with Crippen molar-refractivity contribution in [1.29, 1.82) is 0 Å². The van der Waals surface area contributed by atoms with Gasteiger partial charge >= 0.3 is 6.18 Å². The van der Waals surface area contributed by atoms with E-state index in [0.29, 0.717) is 11.4 Å². The number of amides is 6. The molecule has 62 heavy (non-hydrogen) atoms. The number of nitrogens with one attached hydrogen (secondary N) is 4. The molecule has 3 aliphatic heterocycles. The van der Waals surface area contributed by atoms with Crippen molar-refractivity contribution in [3.63, 3.8) is 0 Å². The molecule has 22 heteroatoms.